The number of aliphatic hydroxyl groups excluding tert-OH is 7. The Morgan fingerprint density at radius 3 is 2.22 bits per heavy atom. The first-order valence-electron chi connectivity index (χ1n) is 17.2. The summed E-state index contributed by atoms with van der Waals surface area (Å²) < 4.78 is 11.7. The van der Waals surface area contributed by atoms with Gasteiger partial charge in [0.25, 0.3) is 0 Å². The molecule has 5 aliphatic carbocycles. The highest BCUT2D eigenvalue weighted by Gasteiger charge is 2.72. The van der Waals surface area contributed by atoms with Gasteiger partial charge in [-0.25, -0.2) is 0 Å². The molecule has 0 radical (unpaired) electrons. The Morgan fingerprint density at radius 1 is 0.891 bits per heavy atom. The van der Waals surface area contributed by atoms with Gasteiger partial charge in [-0.05, 0) is 90.8 Å². The van der Waals surface area contributed by atoms with Crippen molar-refractivity contribution in [1.29, 1.82) is 0 Å². The molecule has 0 aromatic rings. The molecule has 0 bridgehead atoms. The molecule has 11 nitrogen and oxygen atoms in total. The number of aliphatic hydroxyl groups is 7. The van der Waals surface area contributed by atoms with Crippen molar-refractivity contribution in [3.8, 4) is 0 Å². The number of aliphatic carboxylic acids is 1. The van der Waals surface area contributed by atoms with Crippen LogP contribution in [-0.4, -0.2) is 110 Å². The molecule has 16 atom stereocenters. The molecule has 4 saturated carbocycles. The lowest BCUT2D eigenvalue weighted by Gasteiger charge is -2.72. The molecule has 46 heavy (non-hydrogen) atoms. The van der Waals surface area contributed by atoms with Gasteiger partial charge in [0, 0.05) is 12.0 Å². The van der Waals surface area contributed by atoms with Crippen LogP contribution in [0.1, 0.15) is 86.0 Å². The molecule has 6 rings (SSSR count). The summed E-state index contributed by atoms with van der Waals surface area (Å²) >= 11 is 0. The number of carbonyl (C=O) groups is 1. The molecule has 1 aliphatic heterocycles. The zero-order valence-corrected chi connectivity index (χ0v) is 27.9. The highest BCUT2D eigenvalue weighted by molar-refractivity contribution is 5.77. The van der Waals surface area contributed by atoms with Gasteiger partial charge in [0.15, 0.2) is 6.29 Å². The van der Waals surface area contributed by atoms with E-state index in [1.165, 1.54) is 0 Å². The van der Waals surface area contributed by atoms with Gasteiger partial charge in [0.05, 0.1) is 31.5 Å². The Balaban J connectivity index is 1.36. The largest absolute Gasteiger partial charge is 0.481 e. The van der Waals surface area contributed by atoms with E-state index in [9.17, 15) is 45.6 Å². The van der Waals surface area contributed by atoms with Crippen molar-refractivity contribution in [2.75, 3.05) is 19.8 Å². The van der Waals surface area contributed by atoms with E-state index in [1.54, 1.807) is 0 Å². The van der Waals surface area contributed by atoms with Gasteiger partial charge in [-0.3, -0.25) is 4.79 Å². The number of allylic oxidation sites excluding steroid dienone is 2. The molecule has 6 aliphatic rings. The fourth-order valence-electron chi connectivity index (χ4n) is 12.3. The van der Waals surface area contributed by atoms with Crippen LogP contribution in [-0.2, 0) is 14.3 Å². The van der Waals surface area contributed by atoms with E-state index < -0.39 is 76.5 Å². The van der Waals surface area contributed by atoms with Crippen LogP contribution < -0.4 is 0 Å². The molecule has 0 aromatic heterocycles. The van der Waals surface area contributed by atoms with Gasteiger partial charge in [-0.1, -0.05) is 46.3 Å². The third-order valence-electron chi connectivity index (χ3n) is 15.1. The maximum Gasteiger partial charge on any atom is 0.312 e. The molecule has 1 heterocycles. The Labute approximate surface area is 271 Å². The summed E-state index contributed by atoms with van der Waals surface area (Å²) in [4.78, 5) is 13.0. The first-order chi connectivity index (χ1) is 21.4. The van der Waals surface area contributed by atoms with Gasteiger partial charge in [0.2, 0.25) is 0 Å². The average molecular weight is 653 g/mol. The first-order valence-corrected chi connectivity index (χ1v) is 17.2. The van der Waals surface area contributed by atoms with Crippen molar-refractivity contribution < 1.29 is 55.1 Å². The Kier molecular flexibility index (Phi) is 8.44. The molecular formula is C35H56O11. The van der Waals surface area contributed by atoms with Crippen LogP contribution in [0.4, 0.5) is 0 Å². The highest BCUT2D eigenvalue weighted by atomic mass is 16.7. The topological polar surface area (TPSA) is 197 Å². The first kappa shape index (κ1) is 34.7. The van der Waals surface area contributed by atoms with Gasteiger partial charge < -0.3 is 50.3 Å². The van der Waals surface area contributed by atoms with Crippen LogP contribution in [0, 0.1) is 50.2 Å². The van der Waals surface area contributed by atoms with Crippen molar-refractivity contribution in [3.63, 3.8) is 0 Å². The van der Waals surface area contributed by atoms with E-state index >= 15 is 0 Å². The van der Waals surface area contributed by atoms with E-state index in [0.717, 1.165) is 18.4 Å². The fourth-order valence-corrected chi connectivity index (χ4v) is 12.3. The molecule has 1 saturated heterocycles. The molecular weight excluding hydrogens is 596 g/mol. The zero-order chi connectivity index (χ0) is 33.8. The van der Waals surface area contributed by atoms with Gasteiger partial charge in [0.1, 0.15) is 23.7 Å². The third-order valence-corrected chi connectivity index (χ3v) is 15.1. The second-order valence-electron chi connectivity index (χ2n) is 17.3. The number of hydrogen-bond donors (Lipinski definition) is 8. The van der Waals surface area contributed by atoms with Crippen LogP contribution in [0.5, 0.6) is 0 Å². The molecule has 0 amide bonds. The van der Waals surface area contributed by atoms with Crippen molar-refractivity contribution in [3.05, 3.63) is 11.6 Å². The van der Waals surface area contributed by atoms with Crippen molar-refractivity contribution in [1.82, 2.24) is 0 Å². The predicted octanol–water partition coefficient (Wildman–Crippen LogP) is 1.58. The number of fused-ring (bicyclic) bond motifs is 7. The Bertz CT molecular complexity index is 1240. The third kappa shape index (κ3) is 4.45. The molecule has 262 valence electrons. The minimum atomic E-state index is -1.51. The SMILES string of the molecule is CC1(CO)CC(O)C2(C(=O)O)CCC3(C)C(=CCC4C5(C)CC(O)C(OC6OCC(O)C(O)C6O)C(C)(CO)C5CCC43C)C2C1. The summed E-state index contributed by atoms with van der Waals surface area (Å²) in [5.41, 5.74) is -2.76. The van der Waals surface area contributed by atoms with Crippen LogP contribution in [0.15, 0.2) is 11.6 Å². The quantitative estimate of drug-likeness (QED) is 0.159. The molecule has 11 heteroatoms. The van der Waals surface area contributed by atoms with Crippen molar-refractivity contribution >= 4 is 5.97 Å². The van der Waals surface area contributed by atoms with Crippen LogP contribution in [0.3, 0.4) is 0 Å². The number of hydrogen-bond acceptors (Lipinski definition) is 10. The summed E-state index contributed by atoms with van der Waals surface area (Å²) in [5, 5.41) is 85.9. The van der Waals surface area contributed by atoms with E-state index in [2.05, 4.69) is 26.8 Å². The molecule has 8 N–H and O–H groups in total. The second kappa shape index (κ2) is 11.2. The van der Waals surface area contributed by atoms with Crippen molar-refractivity contribution in [2.24, 2.45) is 50.2 Å². The average Bonchev–Trinajstić information content (AvgIpc) is 2.99. The summed E-state index contributed by atoms with van der Waals surface area (Å²) in [5.74, 6) is -1.34. The zero-order valence-electron chi connectivity index (χ0n) is 27.9. The standard InChI is InChI=1S/C35H56O11/c1-30(16-36)12-19-18-6-7-23-31(2)13-20(38)27(46-28-26(42)25(41)21(39)15-45-28)32(3,17-37)22(31)8-9-34(23,5)33(18,4)10-11-35(19,29(43)44)24(40)14-30/h6,19-28,36-42H,7-17H2,1-5H3,(H,43,44). The Hall–Kier alpha value is -1.15. The lowest BCUT2D eigenvalue weighted by atomic mass is 9.33. The summed E-state index contributed by atoms with van der Waals surface area (Å²) in [6, 6.07) is 0. The lowest BCUT2D eigenvalue weighted by molar-refractivity contribution is -0.328. The minimum absolute atomic E-state index is 0.0674. The van der Waals surface area contributed by atoms with Crippen LogP contribution >= 0.6 is 0 Å². The van der Waals surface area contributed by atoms with Crippen molar-refractivity contribution in [2.45, 2.75) is 129 Å². The monoisotopic (exact) mass is 652 g/mol. The van der Waals surface area contributed by atoms with Gasteiger partial charge >= 0.3 is 5.97 Å². The maximum atomic E-state index is 13.0. The normalized spacial score (nSPS) is 56.9. The second-order valence-corrected chi connectivity index (χ2v) is 17.3. The minimum Gasteiger partial charge on any atom is -0.481 e. The fraction of sp³-hybridized carbons (Fsp3) is 0.914. The molecule has 16 unspecified atom stereocenters. The lowest BCUT2D eigenvalue weighted by Crippen LogP contribution is -2.69. The van der Waals surface area contributed by atoms with Gasteiger partial charge in [-0.15, -0.1) is 0 Å². The molecule has 5 fully saturated rings. The van der Waals surface area contributed by atoms with E-state index in [-0.39, 0.29) is 48.9 Å². The van der Waals surface area contributed by atoms with E-state index in [4.69, 9.17) is 9.47 Å². The van der Waals surface area contributed by atoms with E-state index in [1.807, 2.05) is 13.8 Å². The Morgan fingerprint density at radius 2 is 1.59 bits per heavy atom. The smallest absolute Gasteiger partial charge is 0.312 e. The summed E-state index contributed by atoms with van der Waals surface area (Å²) in [7, 11) is 0. The predicted molar refractivity (Wildman–Crippen MR) is 165 cm³/mol. The number of carboxylic acid groups (broad SMARTS) is 1. The highest BCUT2D eigenvalue weighted by Crippen LogP contribution is 2.76. The number of ether oxygens (including phenoxy) is 2. The molecule has 0 aromatic carbocycles. The summed E-state index contributed by atoms with van der Waals surface area (Å²) in [6.07, 6.45) is -1.93. The maximum absolute atomic E-state index is 13.0. The number of carboxylic acids is 1. The summed E-state index contributed by atoms with van der Waals surface area (Å²) in [6.45, 7) is 10.0. The van der Waals surface area contributed by atoms with Gasteiger partial charge in [-0.2, -0.15) is 0 Å². The van der Waals surface area contributed by atoms with Crippen LogP contribution in [0.25, 0.3) is 0 Å². The number of rotatable bonds is 5. The van der Waals surface area contributed by atoms with Crippen LogP contribution in [0.2, 0.25) is 0 Å². The van der Waals surface area contributed by atoms with E-state index in [0.29, 0.717) is 32.1 Å². The molecule has 0 spiro atoms.